The Morgan fingerprint density at radius 1 is 1.25 bits per heavy atom. The first-order chi connectivity index (χ1) is 17.5. The van der Waals surface area contributed by atoms with Crippen molar-refractivity contribution in [2.45, 2.75) is 26.3 Å². The number of nitrogens with zero attached hydrogens (tertiary/aromatic N) is 3. The molecule has 5 rings (SSSR count). The minimum Gasteiger partial charge on any atom is -0.379 e. The molecular weight excluding hydrogens is 474 g/mol. The first kappa shape index (κ1) is 24.4. The summed E-state index contributed by atoms with van der Waals surface area (Å²) in [5.41, 5.74) is 9.21. The van der Waals surface area contributed by atoms with Crippen LogP contribution in [-0.4, -0.2) is 66.1 Å². The summed E-state index contributed by atoms with van der Waals surface area (Å²) in [4.78, 5) is 34.7. The smallest absolute Gasteiger partial charge is 0.323 e. The first-order valence-electron chi connectivity index (χ1n) is 12.3. The lowest BCUT2D eigenvalue weighted by molar-refractivity contribution is -0.114. The van der Waals surface area contributed by atoms with Gasteiger partial charge in [0.15, 0.2) is 0 Å². The number of pyridine rings is 1. The van der Waals surface area contributed by atoms with Crippen LogP contribution in [0.3, 0.4) is 0 Å². The maximum Gasteiger partial charge on any atom is 0.323 e. The lowest BCUT2D eigenvalue weighted by Crippen LogP contribution is -2.42. The van der Waals surface area contributed by atoms with Gasteiger partial charge in [0, 0.05) is 59.5 Å². The third-order valence-electron chi connectivity index (χ3n) is 6.82. The topological polar surface area (TPSA) is 101 Å². The summed E-state index contributed by atoms with van der Waals surface area (Å²) in [6.45, 7) is 7.62. The van der Waals surface area contributed by atoms with Gasteiger partial charge in [0.1, 0.15) is 5.82 Å². The Balaban J connectivity index is 1.30. The Bertz CT molecular complexity index is 1310. The van der Waals surface area contributed by atoms with Crippen molar-refractivity contribution in [2.75, 3.05) is 44.7 Å². The van der Waals surface area contributed by atoms with Crippen LogP contribution in [0, 0.1) is 6.92 Å². The normalized spacial score (nSPS) is 16.8. The molecule has 0 radical (unpaired) electrons. The van der Waals surface area contributed by atoms with E-state index in [1.165, 1.54) is 15.6 Å². The fourth-order valence-electron chi connectivity index (χ4n) is 4.77. The highest BCUT2D eigenvalue weighted by atomic mass is 32.1. The summed E-state index contributed by atoms with van der Waals surface area (Å²) in [6.07, 6.45) is 4.87. The number of aryl methyl sites for hydroxylation is 1. The van der Waals surface area contributed by atoms with Crippen molar-refractivity contribution in [1.29, 1.82) is 0 Å². The number of benzene rings is 1. The van der Waals surface area contributed by atoms with Gasteiger partial charge in [-0.3, -0.25) is 15.0 Å². The van der Waals surface area contributed by atoms with Gasteiger partial charge in [-0.05, 0) is 48.1 Å². The molecule has 0 unspecified atom stereocenters. The van der Waals surface area contributed by atoms with Crippen LogP contribution < -0.4 is 11.1 Å². The highest BCUT2D eigenvalue weighted by molar-refractivity contribution is 7.19. The van der Waals surface area contributed by atoms with Crippen molar-refractivity contribution < 1.29 is 14.3 Å². The fourth-order valence-corrected chi connectivity index (χ4v) is 6.00. The molecule has 3 amide bonds. The summed E-state index contributed by atoms with van der Waals surface area (Å²) >= 11 is 1.69. The zero-order valence-electron chi connectivity index (χ0n) is 20.5. The van der Waals surface area contributed by atoms with E-state index in [1.807, 2.05) is 29.2 Å². The number of primary amides is 1. The largest absolute Gasteiger partial charge is 0.379 e. The average Bonchev–Trinajstić information content (AvgIpc) is 3.20. The predicted octanol–water partition coefficient (Wildman–Crippen LogP) is 3.79. The van der Waals surface area contributed by atoms with Crippen molar-refractivity contribution >= 4 is 45.3 Å². The number of carbonyl (C=O) groups is 2. The van der Waals surface area contributed by atoms with Crippen LogP contribution in [0.5, 0.6) is 0 Å². The monoisotopic (exact) mass is 505 g/mol. The maximum absolute atomic E-state index is 12.6. The van der Waals surface area contributed by atoms with Crippen LogP contribution in [-0.2, 0) is 22.5 Å². The second-order valence-electron chi connectivity index (χ2n) is 9.29. The van der Waals surface area contributed by atoms with E-state index >= 15 is 0 Å². The highest BCUT2D eigenvalue weighted by Crippen LogP contribution is 2.32. The van der Waals surface area contributed by atoms with Crippen LogP contribution in [0.2, 0.25) is 0 Å². The Labute approximate surface area is 214 Å². The van der Waals surface area contributed by atoms with Crippen LogP contribution in [0.1, 0.15) is 28.0 Å². The molecule has 8 nitrogen and oxygen atoms in total. The van der Waals surface area contributed by atoms with Gasteiger partial charge in [-0.15, -0.1) is 11.3 Å². The van der Waals surface area contributed by atoms with Crippen molar-refractivity contribution in [2.24, 2.45) is 5.73 Å². The summed E-state index contributed by atoms with van der Waals surface area (Å²) < 4.78 is 6.60. The fraction of sp³-hybridized carbons (Fsp3) is 0.370. The number of ether oxygens (including phenoxy) is 1. The lowest BCUT2D eigenvalue weighted by atomic mass is 10.0. The van der Waals surface area contributed by atoms with E-state index in [4.69, 9.17) is 10.5 Å². The zero-order valence-corrected chi connectivity index (χ0v) is 21.3. The molecule has 2 aromatic heterocycles. The van der Waals surface area contributed by atoms with E-state index < -0.39 is 5.91 Å². The van der Waals surface area contributed by atoms with E-state index in [0.717, 1.165) is 55.3 Å². The molecule has 0 bridgehead atoms. The number of urea groups is 1. The van der Waals surface area contributed by atoms with Crippen molar-refractivity contribution in [3.63, 3.8) is 0 Å². The third kappa shape index (κ3) is 5.43. The number of hydrogen-bond donors (Lipinski definition) is 2. The minimum absolute atomic E-state index is 0.127. The predicted molar refractivity (Wildman–Crippen MR) is 143 cm³/mol. The van der Waals surface area contributed by atoms with Crippen LogP contribution in [0.4, 0.5) is 10.6 Å². The summed E-state index contributed by atoms with van der Waals surface area (Å²) in [5.74, 6) is 0.130. The van der Waals surface area contributed by atoms with Gasteiger partial charge in [-0.25, -0.2) is 9.78 Å². The van der Waals surface area contributed by atoms with Gasteiger partial charge < -0.3 is 15.4 Å². The van der Waals surface area contributed by atoms with Crippen LogP contribution in [0.25, 0.3) is 16.2 Å². The van der Waals surface area contributed by atoms with Crippen molar-refractivity contribution in [1.82, 2.24) is 14.8 Å². The molecule has 36 heavy (non-hydrogen) atoms. The van der Waals surface area contributed by atoms with Gasteiger partial charge in [-0.2, -0.15) is 0 Å². The zero-order chi connectivity index (χ0) is 25.1. The van der Waals surface area contributed by atoms with E-state index in [1.54, 1.807) is 17.5 Å². The SMILES string of the molecule is Cc1c(CC(=Cc2cnc3c(c2)CN(CCCN2CCOCC2)C(=O)N3)C(N)=O)sc2ccccc12. The third-order valence-corrected chi connectivity index (χ3v) is 8.09. The Kier molecular flexibility index (Phi) is 7.31. The van der Waals surface area contributed by atoms with Gasteiger partial charge in [0.05, 0.1) is 19.8 Å². The molecule has 9 heteroatoms. The molecule has 2 aliphatic rings. The molecule has 2 aliphatic heterocycles. The van der Waals surface area contributed by atoms with Gasteiger partial charge in [-0.1, -0.05) is 18.2 Å². The molecule has 3 aromatic rings. The number of carbonyl (C=O) groups excluding carboxylic acids is 2. The summed E-state index contributed by atoms with van der Waals surface area (Å²) in [5, 5.41) is 4.11. The van der Waals surface area contributed by atoms with Gasteiger partial charge in [0.2, 0.25) is 5.91 Å². The summed E-state index contributed by atoms with van der Waals surface area (Å²) in [7, 11) is 0. The molecular formula is C27H31N5O3S. The van der Waals surface area contributed by atoms with E-state index in [-0.39, 0.29) is 6.03 Å². The average molecular weight is 506 g/mol. The van der Waals surface area contributed by atoms with Crippen molar-refractivity contribution in [3.8, 4) is 0 Å². The number of thiophene rings is 1. The van der Waals surface area contributed by atoms with Gasteiger partial charge in [0.25, 0.3) is 0 Å². The van der Waals surface area contributed by atoms with Crippen LogP contribution in [0.15, 0.2) is 42.1 Å². The number of hydrogen-bond acceptors (Lipinski definition) is 6. The van der Waals surface area contributed by atoms with Gasteiger partial charge >= 0.3 is 6.03 Å². The number of anilines is 1. The number of nitrogens with two attached hydrogens (primary N) is 1. The standard InChI is InChI=1S/C27H31N5O3S/c1-18-22-5-2-3-6-23(22)36-24(18)15-20(25(28)33)13-19-14-21-17-32(27(34)30-26(21)29-16-19)8-4-7-31-9-11-35-12-10-31/h2-3,5-6,13-14,16H,4,7-12,15,17H2,1H3,(H2,28,33)(H,29,30,34). The lowest BCUT2D eigenvalue weighted by Gasteiger charge is -2.31. The number of morpholine rings is 1. The number of rotatable bonds is 8. The quantitative estimate of drug-likeness (QED) is 0.454. The summed E-state index contributed by atoms with van der Waals surface area (Å²) in [6, 6.07) is 10.1. The molecule has 1 fully saturated rings. The first-order valence-corrected chi connectivity index (χ1v) is 13.1. The molecule has 1 aromatic carbocycles. The molecule has 0 aliphatic carbocycles. The Morgan fingerprint density at radius 3 is 2.83 bits per heavy atom. The van der Waals surface area contributed by atoms with E-state index in [2.05, 4.69) is 34.3 Å². The molecule has 0 spiro atoms. The minimum atomic E-state index is -0.442. The highest BCUT2D eigenvalue weighted by Gasteiger charge is 2.24. The maximum atomic E-state index is 12.6. The van der Waals surface area contributed by atoms with E-state index in [0.29, 0.717) is 30.9 Å². The molecule has 3 N–H and O–H groups in total. The van der Waals surface area contributed by atoms with Crippen molar-refractivity contribution in [3.05, 3.63) is 63.7 Å². The molecule has 1 saturated heterocycles. The number of nitrogens with one attached hydrogen (secondary N) is 1. The molecule has 188 valence electrons. The van der Waals surface area contributed by atoms with Crippen LogP contribution >= 0.6 is 11.3 Å². The number of fused-ring (bicyclic) bond motifs is 2. The van der Waals surface area contributed by atoms with E-state index in [9.17, 15) is 9.59 Å². The second kappa shape index (κ2) is 10.8. The molecule has 0 atom stereocenters. The second-order valence-corrected chi connectivity index (χ2v) is 10.4. The number of amides is 3. The number of aromatic nitrogens is 1. The Hall–Kier alpha value is -3.27. The molecule has 0 saturated carbocycles. The Morgan fingerprint density at radius 2 is 2.06 bits per heavy atom. The molecule has 4 heterocycles.